The summed E-state index contributed by atoms with van der Waals surface area (Å²) in [6.45, 7) is 4.48. The number of carbonyl (C=O) groups excluding carboxylic acids is 1. The molecule has 1 aliphatic rings. The average molecular weight is 237 g/mol. The lowest BCUT2D eigenvalue weighted by atomic mass is 10.2. The molecular formula is C12H15NO2S. The molecule has 4 heteroatoms. The predicted molar refractivity (Wildman–Crippen MR) is 63.9 cm³/mol. The van der Waals surface area contributed by atoms with Gasteiger partial charge in [-0.2, -0.15) is 0 Å². The second kappa shape index (κ2) is 4.97. The number of hydrogen-bond donors (Lipinski definition) is 0. The van der Waals surface area contributed by atoms with Crippen molar-refractivity contribution < 1.29 is 9.53 Å². The Morgan fingerprint density at radius 3 is 2.88 bits per heavy atom. The molecular weight excluding hydrogens is 222 g/mol. The van der Waals surface area contributed by atoms with Gasteiger partial charge in [-0.1, -0.05) is 0 Å². The number of Topliss-reactive ketones (excluding diaryl/α,β-unsaturated/α-hetero) is 1. The fourth-order valence-electron chi connectivity index (χ4n) is 1.68. The largest absolute Gasteiger partial charge is 0.377 e. The van der Waals surface area contributed by atoms with Gasteiger partial charge in [0.2, 0.25) is 0 Å². The summed E-state index contributed by atoms with van der Waals surface area (Å²) in [6.07, 6.45) is 3.01. The third-order valence-corrected chi connectivity index (χ3v) is 4.13. The van der Waals surface area contributed by atoms with Gasteiger partial charge >= 0.3 is 0 Å². The van der Waals surface area contributed by atoms with E-state index in [1.54, 1.807) is 24.9 Å². The molecule has 0 bridgehead atoms. The number of ether oxygens (including phenoxy) is 1. The summed E-state index contributed by atoms with van der Waals surface area (Å²) in [4.78, 5) is 15.4. The van der Waals surface area contributed by atoms with Crippen LogP contribution in [0.4, 0.5) is 0 Å². The molecule has 16 heavy (non-hydrogen) atoms. The van der Waals surface area contributed by atoms with Gasteiger partial charge in [-0.15, -0.1) is 11.8 Å². The molecule has 1 aliphatic heterocycles. The van der Waals surface area contributed by atoms with Crippen molar-refractivity contribution in [1.82, 2.24) is 4.98 Å². The third kappa shape index (κ3) is 2.62. The Balaban J connectivity index is 2.02. The molecule has 86 valence electrons. The minimum atomic E-state index is 0.0571. The van der Waals surface area contributed by atoms with Gasteiger partial charge in [0.05, 0.1) is 11.1 Å². The molecule has 2 atom stereocenters. The first-order valence-electron chi connectivity index (χ1n) is 5.42. The predicted octanol–water partition coefficient (Wildman–Crippen LogP) is 2.55. The van der Waals surface area contributed by atoms with Crippen LogP contribution in [0.1, 0.15) is 30.6 Å². The minimum absolute atomic E-state index is 0.0571. The lowest BCUT2D eigenvalue weighted by Crippen LogP contribution is -2.13. The maximum Gasteiger partial charge on any atom is 0.161 e. The number of ketones is 1. The van der Waals surface area contributed by atoms with E-state index in [4.69, 9.17) is 4.74 Å². The molecule has 1 aromatic heterocycles. The molecule has 0 spiro atoms. The van der Waals surface area contributed by atoms with Gasteiger partial charge in [0.25, 0.3) is 0 Å². The van der Waals surface area contributed by atoms with Crippen LogP contribution < -0.4 is 0 Å². The lowest BCUT2D eigenvalue weighted by Gasteiger charge is -2.12. The normalized spacial score (nSPS) is 24.6. The van der Waals surface area contributed by atoms with E-state index < -0.39 is 0 Å². The van der Waals surface area contributed by atoms with Crippen molar-refractivity contribution in [2.45, 2.75) is 36.6 Å². The molecule has 2 rings (SSSR count). The van der Waals surface area contributed by atoms with Crippen LogP contribution >= 0.6 is 11.8 Å². The van der Waals surface area contributed by atoms with Gasteiger partial charge in [-0.3, -0.25) is 4.79 Å². The lowest BCUT2D eigenvalue weighted by molar-refractivity contribution is 0.101. The number of thioether (sulfide) groups is 1. The van der Waals surface area contributed by atoms with E-state index in [9.17, 15) is 4.79 Å². The Morgan fingerprint density at radius 2 is 2.38 bits per heavy atom. The molecule has 0 radical (unpaired) electrons. The van der Waals surface area contributed by atoms with Crippen LogP contribution in [0.5, 0.6) is 0 Å². The molecule has 1 saturated heterocycles. The SMILES string of the molecule is CC(=O)c1ccc(SC2CCOC2C)nc1. The quantitative estimate of drug-likeness (QED) is 0.757. The summed E-state index contributed by atoms with van der Waals surface area (Å²) in [5, 5.41) is 1.45. The highest BCUT2D eigenvalue weighted by molar-refractivity contribution is 7.99. The highest BCUT2D eigenvalue weighted by Crippen LogP contribution is 2.31. The van der Waals surface area contributed by atoms with Crippen LogP contribution in [0.15, 0.2) is 23.4 Å². The van der Waals surface area contributed by atoms with Crippen molar-refractivity contribution in [1.29, 1.82) is 0 Å². The van der Waals surface area contributed by atoms with Crippen molar-refractivity contribution >= 4 is 17.5 Å². The maximum absolute atomic E-state index is 11.1. The number of aromatic nitrogens is 1. The van der Waals surface area contributed by atoms with Gasteiger partial charge in [0, 0.05) is 23.6 Å². The standard InChI is InChI=1S/C12H15NO2S/c1-8(14)10-3-4-12(13-7-10)16-11-5-6-15-9(11)2/h3-4,7,9,11H,5-6H2,1-2H3. The molecule has 0 amide bonds. The van der Waals surface area contributed by atoms with E-state index in [0.717, 1.165) is 18.1 Å². The molecule has 1 fully saturated rings. The number of pyridine rings is 1. The van der Waals surface area contributed by atoms with E-state index in [1.807, 2.05) is 12.1 Å². The molecule has 2 heterocycles. The summed E-state index contributed by atoms with van der Waals surface area (Å²) in [6, 6.07) is 3.74. The van der Waals surface area contributed by atoms with Crippen LogP contribution in [0.3, 0.4) is 0 Å². The summed E-state index contributed by atoms with van der Waals surface area (Å²) >= 11 is 1.73. The smallest absolute Gasteiger partial charge is 0.161 e. The number of nitrogens with zero attached hydrogens (tertiary/aromatic N) is 1. The maximum atomic E-state index is 11.1. The summed E-state index contributed by atoms with van der Waals surface area (Å²) in [5.74, 6) is 0.0571. The van der Waals surface area contributed by atoms with Crippen LogP contribution in [-0.4, -0.2) is 28.7 Å². The van der Waals surface area contributed by atoms with E-state index in [2.05, 4.69) is 11.9 Å². The second-order valence-corrected chi connectivity index (χ2v) is 5.22. The first-order valence-corrected chi connectivity index (χ1v) is 6.30. The highest BCUT2D eigenvalue weighted by atomic mass is 32.2. The Kier molecular flexibility index (Phi) is 3.61. The van der Waals surface area contributed by atoms with Crippen molar-refractivity contribution in [2.75, 3.05) is 6.61 Å². The first kappa shape index (κ1) is 11.6. The number of carbonyl (C=O) groups is 1. The van der Waals surface area contributed by atoms with Crippen molar-refractivity contribution in [3.8, 4) is 0 Å². The van der Waals surface area contributed by atoms with Crippen molar-refractivity contribution in [3.05, 3.63) is 23.9 Å². The van der Waals surface area contributed by atoms with E-state index in [0.29, 0.717) is 16.9 Å². The van der Waals surface area contributed by atoms with Crippen molar-refractivity contribution in [3.63, 3.8) is 0 Å². The Hall–Kier alpha value is -0.870. The molecule has 2 unspecified atom stereocenters. The summed E-state index contributed by atoms with van der Waals surface area (Å²) < 4.78 is 5.50. The minimum Gasteiger partial charge on any atom is -0.377 e. The van der Waals surface area contributed by atoms with Gasteiger partial charge in [0.15, 0.2) is 5.78 Å². The zero-order valence-corrected chi connectivity index (χ0v) is 10.3. The molecule has 0 saturated carbocycles. The zero-order chi connectivity index (χ0) is 11.5. The highest BCUT2D eigenvalue weighted by Gasteiger charge is 2.25. The fraction of sp³-hybridized carbons (Fsp3) is 0.500. The van der Waals surface area contributed by atoms with Crippen LogP contribution in [-0.2, 0) is 4.74 Å². The summed E-state index contributed by atoms with van der Waals surface area (Å²) in [7, 11) is 0. The molecule has 0 aliphatic carbocycles. The van der Waals surface area contributed by atoms with E-state index in [-0.39, 0.29) is 5.78 Å². The molecule has 3 nitrogen and oxygen atoms in total. The molecule has 0 N–H and O–H groups in total. The van der Waals surface area contributed by atoms with Gasteiger partial charge < -0.3 is 4.74 Å². The van der Waals surface area contributed by atoms with Crippen LogP contribution in [0, 0.1) is 0 Å². The first-order chi connectivity index (χ1) is 7.66. The number of rotatable bonds is 3. The van der Waals surface area contributed by atoms with Gasteiger partial charge in [-0.05, 0) is 32.4 Å². The fourth-order valence-corrected chi connectivity index (χ4v) is 2.73. The second-order valence-electron chi connectivity index (χ2n) is 3.96. The van der Waals surface area contributed by atoms with E-state index >= 15 is 0 Å². The Morgan fingerprint density at radius 1 is 1.56 bits per heavy atom. The van der Waals surface area contributed by atoms with Crippen LogP contribution in [0.2, 0.25) is 0 Å². The Labute approximate surface area is 99.6 Å². The van der Waals surface area contributed by atoms with Crippen LogP contribution in [0.25, 0.3) is 0 Å². The number of hydrogen-bond acceptors (Lipinski definition) is 4. The summed E-state index contributed by atoms with van der Waals surface area (Å²) in [5.41, 5.74) is 0.667. The zero-order valence-electron chi connectivity index (χ0n) is 9.47. The topological polar surface area (TPSA) is 39.2 Å². The average Bonchev–Trinajstić information content (AvgIpc) is 2.65. The van der Waals surface area contributed by atoms with E-state index in [1.165, 1.54) is 0 Å². The monoisotopic (exact) mass is 237 g/mol. The van der Waals surface area contributed by atoms with Gasteiger partial charge in [-0.25, -0.2) is 4.98 Å². The van der Waals surface area contributed by atoms with Gasteiger partial charge in [0.1, 0.15) is 0 Å². The third-order valence-electron chi connectivity index (χ3n) is 2.72. The van der Waals surface area contributed by atoms with Crippen molar-refractivity contribution in [2.24, 2.45) is 0 Å². The Bertz CT molecular complexity index is 377. The molecule has 1 aromatic rings. The molecule has 0 aromatic carbocycles.